The second kappa shape index (κ2) is 19.7. The number of rotatable bonds is 17. The molecule has 0 bridgehead atoms. The molecule has 0 radical (unpaired) electrons. The predicted octanol–water partition coefficient (Wildman–Crippen LogP) is 7.98. The number of benzene rings is 5. The van der Waals surface area contributed by atoms with E-state index in [1.807, 2.05) is 90.1 Å². The molecule has 0 atom stereocenters. The summed E-state index contributed by atoms with van der Waals surface area (Å²) in [6.07, 6.45) is 4.83. The quantitative estimate of drug-likeness (QED) is 0.0776. The van der Waals surface area contributed by atoms with Crippen LogP contribution in [0.15, 0.2) is 88.7 Å². The molecule has 0 unspecified atom stereocenters. The van der Waals surface area contributed by atoms with Crippen LogP contribution in [0.25, 0.3) is 11.6 Å². The van der Waals surface area contributed by atoms with Crippen LogP contribution in [0, 0.1) is 41.5 Å². The van der Waals surface area contributed by atoms with E-state index in [1.54, 1.807) is 12.1 Å². The van der Waals surface area contributed by atoms with Crippen molar-refractivity contribution in [2.75, 3.05) is 0 Å². The molecule has 0 spiro atoms. The van der Waals surface area contributed by atoms with Gasteiger partial charge in [0.2, 0.25) is 0 Å². The normalized spacial score (nSPS) is 11.7. The van der Waals surface area contributed by atoms with E-state index >= 15 is 0 Å². The molecule has 0 aliphatic rings. The molecule has 0 fully saturated rings. The Bertz CT molecular complexity index is 2900. The lowest BCUT2D eigenvalue weighted by atomic mass is 9.87. The number of hydrogen-bond donors (Lipinski definition) is 3. The Labute approximate surface area is 364 Å². The third kappa shape index (κ3) is 11.5. The van der Waals surface area contributed by atoms with Crippen LogP contribution in [0.5, 0.6) is 0 Å². The minimum Gasteiger partial charge on any atom is -0.481 e. The Balaban J connectivity index is 1.64. The molecule has 62 heavy (non-hydrogen) atoms. The number of carboxylic acids is 1. The van der Waals surface area contributed by atoms with Crippen molar-refractivity contribution in [3.05, 3.63) is 162 Å². The van der Waals surface area contributed by atoms with Gasteiger partial charge in [0.1, 0.15) is 16.5 Å². The van der Waals surface area contributed by atoms with Crippen molar-refractivity contribution in [3.63, 3.8) is 0 Å². The zero-order valence-electron chi connectivity index (χ0n) is 36.3. The van der Waals surface area contributed by atoms with Crippen LogP contribution in [-0.2, 0) is 53.9 Å². The van der Waals surface area contributed by atoms with Crippen molar-refractivity contribution in [2.45, 2.75) is 110 Å². The van der Waals surface area contributed by atoms with Crippen LogP contribution >= 0.6 is 0 Å². The number of Topliss-reactive ketones (excluding diaryl/α,β-unsaturated/α-hetero) is 2. The van der Waals surface area contributed by atoms with Gasteiger partial charge in [-0.05, 0) is 162 Å². The third-order valence-electron chi connectivity index (χ3n) is 11.5. The summed E-state index contributed by atoms with van der Waals surface area (Å²) in [7, 11) is -9.84. The fraction of sp³-hybridized carbons (Fsp3) is 0.300. The topological polar surface area (TPSA) is 180 Å². The molecule has 3 N–H and O–H groups in total. The number of aliphatic carboxylic acids is 1. The van der Waals surface area contributed by atoms with Crippen LogP contribution in [0.3, 0.4) is 0 Å². The fourth-order valence-corrected chi connectivity index (χ4v) is 9.61. The Hall–Kier alpha value is -5.53. The van der Waals surface area contributed by atoms with Crippen molar-refractivity contribution in [2.24, 2.45) is 0 Å². The van der Waals surface area contributed by atoms with Gasteiger partial charge in [-0.1, -0.05) is 73.7 Å². The van der Waals surface area contributed by atoms with Crippen molar-refractivity contribution in [1.29, 1.82) is 0 Å². The van der Waals surface area contributed by atoms with Crippen molar-refractivity contribution < 1.29 is 45.4 Å². The second-order valence-electron chi connectivity index (χ2n) is 16.2. The number of carboxylic acid groups (broad SMARTS) is 1. The highest BCUT2D eigenvalue weighted by atomic mass is 32.2. The van der Waals surface area contributed by atoms with Gasteiger partial charge in [-0.25, -0.2) is 0 Å². The second-order valence-corrected chi connectivity index (χ2v) is 19.0. The van der Waals surface area contributed by atoms with Gasteiger partial charge >= 0.3 is 5.97 Å². The molecule has 0 aromatic heterocycles. The summed E-state index contributed by atoms with van der Waals surface area (Å²) in [6, 6.07) is 22.0. The highest BCUT2D eigenvalue weighted by Gasteiger charge is 2.24. The molecular weight excluding hydrogens is 825 g/mol. The first-order valence-corrected chi connectivity index (χ1v) is 23.4. The largest absolute Gasteiger partial charge is 0.481 e. The molecule has 0 saturated carbocycles. The predicted molar refractivity (Wildman–Crippen MR) is 241 cm³/mol. The van der Waals surface area contributed by atoms with Crippen LogP contribution < -0.4 is 10.4 Å². The van der Waals surface area contributed by atoms with E-state index in [0.29, 0.717) is 35.6 Å². The van der Waals surface area contributed by atoms with Crippen molar-refractivity contribution in [1.82, 2.24) is 0 Å². The van der Waals surface area contributed by atoms with Gasteiger partial charge in [0.25, 0.3) is 20.2 Å². The summed E-state index contributed by atoms with van der Waals surface area (Å²) in [6.45, 7) is 14.0. The monoisotopic (exact) mass is 878 g/mol. The zero-order valence-corrected chi connectivity index (χ0v) is 37.9. The zero-order chi connectivity index (χ0) is 45.7. The highest BCUT2D eigenvalue weighted by molar-refractivity contribution is 7.86. The van der Waals surface area contributed by atoms with E-state index < -0.39 is 36.0 Å². The molecule has 12 heteroatoms. The van der Waals surface area contributed by atoms with Crippen molar-refractivity contribution >= 4 is 49.4 Å². The SMILES string of the molecule is CCCC(=O)Cc1c(C)cc(C)c(Cc2ccc(C(c3ccc(S(=O)(=O)O)cc3S(=O)(=O)O)=c3ccc(=Cc4c(C)cc(C)c(CC(=O)CCCC(=O)O)c4C)cc3)cc2)c1C. The lowest BCUT2D eigenvalue weighted by molar-refractivity contribution is -0.137. The maximum atomic E-state index is 12.9. The van der Waals surface area contributed by atoms with E-state index in [-0.39, 0.29) is 42.8 Å². The number of carbonyl (C=O) groups is 3. The molecule has 0 aliphatic carbocycles. The summed E-state index contributed by atoms with van der Waals surface area (Å²) >= 11 is 0. The van der Waals surface area contributed by atoms with Gasteiger partial charge in [-0.15, -0.1) is 0 Å². The molecule has 0 aliphatic heterocycles. The molecule has 10 nitrogen and oxygen atoms in total. The maximum Gasteiger partial charge on any atom is 0.303 e. The number of aryl methyl sites for hydroxylation is 4. The summed E-state index contributed by atoms with van der Waals surface area (Å²) in [5, 5.41) is 10.3. The smallest absolute Gasteiger partial charge is 0.303 e. The first-order chi connectivity index (χ1) is 29.1. The third-order valence-corrected chi connectivity index (χ3v) is 13.3. The Kier molecular flexibility index (Phi) is 15.1. The summed E-state index contributed by atoms with van der Waals surface area (Å²) in [4.78, 5) is 35.1. The summed E-state index contributed by atoms with van der Waals surface area (Å²) < 4.78 is 70.2. The standard InChI is InChI=1S/C50H54O10S2/c1-8-10-40(51)27-46-32(4)23-30(2)44(34(46)6)25-36-13-17-38(18-14-36)50(43-22-21-42(61(55,56)57)29-48(43)62(58,59)60)39-19-15-37(16-20-39)26-45-31(3)24-33(5)47(35(45)7)28-41(52)11-9-12-49(53)54/h13-24,26,29H,8-12,25,27-28H2,1-7H3,(H,53,54)(H,55,56,57)(H,58,59,60). The van der Waals surface area contributed by atoms with Gasteiger partial charge in [0.05, 0.1) is 4.90 Å². The summed E-state index contributed by atoms with van der Waals surface area (Å²) in [5.41, 5.74) is 12.0. The molecule has 0 amide bonds. The molecule has 326 valence electrons. The maximum absolute atomic E-state index is 12.9. The average Bonchev–Trinajstić information content (AvgIpc) is 3.19. The van der Waals surface area contributed by atoms with E-state index in [9.17, 15) is 40.3 Å². The average molecular weight is 879 g/mol. The van der Waals surface area contributed by atoms with Crippen LogP contribution in [0.4, 0.5) is 0 Å². The fourth-order valence-electron chi connectivity index (χ4n) is 8.31. The first-order valence-electron chi connectivity index (χ1n) is 20.5. The molecular formula is C50H54O10S2. The number of hydrogen-bond acceptors (Lipinski definition) is 7. The first kappa shape index (κ1) is 47.5. The Morgan fingerprint density at radius 3 is 1.74 bits per heavy atom. The van der Waals surface area contributed by atoms with Crippen LogP contribution in [0.1, 0.15) is 111 Å². The summed E-state index contributed by atoms with van der Waals surface area (Å²) in [5.74, 6) is -0.774. The molecule has 0 saturated heterocycles. The van der Waals surface area contributed by atoms with Gasteiger partial charge in [-0.3, -0.25) is 23.5 Å². The van der Waals surface area contributed by atoms with Gasteiger partial charge in [0, 0.05) is 37.7 Å². The van der Waals surface area contributed by atoms with Gasteiger partial charge in [-0.2, -0.15) is 16.8 Å². The number of ketones is 2. The van der Waals surface area contributed by atoms with Gasteiger partial charge < -0.3 is 5.11 Å². The van der Waals surface area contributed by atoms with Crippen LogP contribution in [0.2, 0.25) is 0 Å². The lowest BCUT2D eigenvalue weighted by Gasteiger charge is -2.18. The van der Waals surface area contributed by atoms with Crippen LogP contribution in [-0.4, -0.2) is 48.6 Å². The molecule has 5 aromatic rings. The molecule has 5 rings (SSSR count). The number of carbonyl (C=O) groups excluding carboxylic acids is 2. The molecule has 0 heterocycles. The van der Waals surface area contributed by atoms with E-state index in [0.717, 1.165) is 85.0 Å². The lowest BCUT2D eigenvalue weighted by Crippen LogP contribution is -2.15. The Morgan fingerprint density at radius 2 is 1.18 bits per heavy atom. The minimum atomic E-state index is -5.02. The van der Waals surface area contributed by atoms with E-state index in [1.165, 1.54) is 6.07 Å². The van der Waals surface area contributed by atoms with E-state index in [4.69, 9.17) is 5.11 Å². The minimum absolute atomic E-state index is 0.0129. The Morgan fingerprint density at radius 1 is 0.613 bits per heavy atom. The van der Waals surface area contributed by atoms with E-state index in [2.05, 4.69) is 13.0 Å². The molecule has 5 aromatic carbocycles. The highest BCUT2D eigenvalue weighted by Crippen LogP contribution is 2.31. The van der Waals surface area contributed by atoms with Crippen molar-refractivity contribution in [3.8, 4) is 0 Å². The van der Waals surface area contributed by atoms with Gasteiger partial charge in [0.15, 0.2) is 0 Å².